The zero-order chi connectivity index (χ0) is 19.5. The molecule has 0 spiro atoms. The van der Waals surface area contributed by atoms with Crippen molar-refractivity contribution in [2.45, 2.75) is 42.4 Å². The molecule has 1 aromatic rings. The second-order valence-electron chi connectivity index (χ2n) is 7.60. The highest BCUT2D eigenvalue weighted by atomic mass is 32.2. The van der Waals surface area contributed by atoms with Gasteiger partial charge in [-0.15, -0.1) is 0 Å². The summed E-state index contributed by atoms with van der Waals surface area (Å²) in [6, 6.07) is 6.25. The molecule has 0 aliphatic carbocycles. The predicted molar refractivity (Wildman–Crippen MR) is 105 cm³/mol. The molecule has 6 nitrogen and oxygen atoms in total. The Kier molecular flexibility index (Phi) is 6.87. The minimum Gasteiger partial charge on any atom is -0.312 e. The van der Waals surface area contributed by atoms with Crippen LogP contribution in [0.1, 0.15) is 31.7 Å². The molecule has 8 heteroatoms. The van der Waals surface area contributed by atoms with E-state index >= 15 is 0 Å². The molecule has 148 valence electrons. The van der Waals surface area contributed by atoms with Gasteiger partial charge in [-0.3, -0.25) is 0 Å². The van der Waals surface area contributed by atoms with Crippen molar-refractivity contribution in [2.24, 2.45) is 0 Å². The van der Waals surface area contributed by atoms with E-state index < -0.39 is 31.0 Å². The minimum absolute atomic E-state index is 0.122. The van der Waals surface area contributed by atoms with Crippen LogP contribution in [0.25, 0.3) is 0 Å². The van der Waals surface area contributed by atoms with Gasteiger partial charge in [-0.1, -0.05) is 26.0 Å². The Morgan fingerprint density at radius 1 is 1.15 bits per heavy atom. The van der Waals surface area contributed by atoms with Crippen LogP contribution < -0.4 is 5.32 Å². The first-order chi connectivity index (χ1) is 12.0. The van der Waals surface area contributed by atoms with Crippen molar-refractivity contribution in [2.75, 3.05) is 38.7 Å². The molecule has 1 aliphatic heterocycles. The molecule has 0 amide bonds. The molecule has 1 aliphatic rings. The van der Waals surface area contributed by atoms with Crippen LogP contribution in [-0.2, 0) is 19.7 Å². The molecule has 0 radical (unpaired) electrons. The van der Waals surface area contributed by atoms with E-state index in [-0.39, 0.29) is 16.4 Å². The smallest absolute Gasteiger partial charge is 0.183 e. The van der Waals surface area contributed by atoms with Gasteiger partial charge in [-0.2, -0.15) is 0 Å². The summed E-state index contributed by atoms with van der Waals surface area (Å²) in [5.41, 5.74) is 1.06. The van der Waals surface area contributed by atoms with E-state index in [2.05, 4.69) is 5.32 Å². The van der Waals surface area contributed by atoms with Crippen molar-refractivity contribution in [3.05, 3.63) is 29.8 Å². The first-order valence-corrected chi connectivity index (χ1v) is 12.3. The number of benzene rings is 1. The quantitative estimate of drug-likeness (QED) is 0.660. The van der Waals surface area contributed by atoms with E-state index in [4.69, 9.17) is 0 Å². The van der Waals surface area contributed by atoms with Gasteiger partial charge in [0.2, 0.25) is 0 Å². The summed E-state index contributed by atoms with van der Waals surface area (Å²) in [6.07, 6.45) is 0.833. The Hall–Kier alpha value is -0.960. The number of hydrogen-bond donors (Lipinski definition) is 1. The average molecular weight is 403 g/mol. The van der Waals surface area contributed by atoms with Crippen molar-refractivity contribution in [1.29, 1.82) is 0 Å². The Bertz CT molecular complexity index is 800. The molecule has 0 saturated carbocycles. The summed E-state index contributed by atoms with van der Waals surface area (Å²) in [7, 11) is -3.14. The number of nitrogens with one attached hydrogen (secondary N) is 1. The van der Waals surface area contributed by atoms with Crippen LogP contribution >= 0.6 is 0 Å². The van der Waals surface area contributed by atoms with E-state index in [0.717, 1.165) is 18.5 Å². The molecule has 1 saturated heterocycles. The number of hydrogen-bond acceptors (Lipinski definition) is 6. The highest BCUT2D eigenvalue weighted by molar-refractivity contribution is 7.96. The summed E-state index contributed by atoms with van der Waals surface area (Å²) in [4.78, 5) is 2.24. The molecule has 1 aromatic carbocycles. The molecule has 2 atom stereocenters. The topological polar surface area (TPSA) is 83.5 Å². The molecule has 1 heterocycles. The van der Waals surface area contributed by atoms with Crippen LogP contribution in [0.5, 0.6) is 0 Å². The van der Waals surface area contributed by atoms with Crippen molar-refractivity contribution in [3.63, 3.8) is 0 Å². The zero-order valence-electron chi connectivity index (χ0n) is 16.0. The lowest BCUT2D eigenvalue weighted by atomic mass is 10.0. The van der Waals surface area contributed by atoms with E-state index in [9.17, 15) is 16.8 Å². The van der Waals surface area contributed by atoms with Crippen LogP contribution in [-0.4, -0.2) is 71.7 Å². The molecule has 2 rings (SSSR count). The molecule has 1 fully saturated rings. The largest absolute Gasteiger partial charge is 0.312 e. The van der Waals surface area contributed by atoms with Crippen LogP contribution in [0.3, 0.4) is 0 Å². The Balaban J connectivity index is 2.18. The van der Waals surface area contributed by atoms with Gasteiger partial charge in [0.05, 0.1) is 21.7 Å². The highest BCUT2D eigenvalue weighted by Gasteiger charge is 2.45. The minimum atomic E-state index is -3.71. The number of sulfone groups is 2. The molecule has 0 aromatic heterocycles. The Morgan fingerprint density at radius 3 is 2.31 bits per heavy atom. The summed E-state index contributed by atoms with van der Waals surface area (Å²) < 4.78 is 50.3. The highest BCUT2D eigenvalue weighted by Crippen LogP contribution is 2.27. The maximum absolute atomic E-state index is 13.0. The van der Waals surface area contributed by atoms with E-state index in [0.29, 0.717) is 12.5 Å². The maximum atomic E-state index is 13.0. The molecule has 0 bridgehead atoms. The van der Waals surface area contributed by atoms with Gasteiger partial charge in [-0.05, 0) is 57.2 Å². The third-order valence-electron chi connectivity index (χ3n) is 4.76. The van der Waals surface area contributed by atoms with Crippen molar-refractivity contribution in [3.8, 4) is 0 Å². The maximum Gasteiger partial charge on any atom is 0.183 e. The second kappa shape index (κ2) is 8.37. The van der Waals surface area contributed by atoms with Crippen molar-refractivity contribution in [1.82, 2.24) is 10.2 Å². The zero-order valence-corrected chi connectivity index (χ0v) is 17.6. The number of rotatable bonds is 8. The van der Waals surface area contributed by atoms with Gasteiger partial charge in [0.25, 0.3) is 0 Å². The van der Waals surface area contributed by atoms with Gasteiger partial charge in [-0.25, -0.2) is 16.8 Å². The van der Waals surface area contributed by atoms with Crippen LogP contribution in [0.2, 0.25) is 0 Å². The Labute approximate surface area is 157 Å². The fourth-order valence-electron chi connectivity index (χ4n) is 3.21. The monoisotopic (exact) mass is 402 g/mol. The summed E-state index contributed by atoms with van der Waals surface area (Å²) in [5.74, 6) is -0.125. The van der Waals surface area contributed by atoms with Crippen molar-refractivity contribution < 1.29 is 16.8 Å². The first kappa shape index (κ1) is 21.3. The van der Waals surface area contributed by atoms with Gasteiger partial charge in [0.1, 0.15) is 0 Å². The van der Waals surface area contributed by atoms with E-state index in [1.54, 1.807) is 24.3 Å². The fraction of sp³-hybridized carbons (Fsp3) is 0.667. The third-order valence-corrected chi connectivity index (χ3v) is 8.93. The summed E-state index contributed by atoms with van der Waals surface area (Å²) in [6.45, 7) is 5.54. The van der Waals surface area contributed by atoms with Gasteiger partial charge < -0.3 is 10.2 Å². The molecule has 26 heavy (non-hydrogen) atoms. The SMILES string of the molecule is CC(C)c1ccc(S(=O)(=O)[C@H]2CS(=O)(=O)C[C@@H]2NCCCN(C)C)cc1. The predicted octanol–water partition coefficient (Wildman–Crippen LogP) is 1.29. The molecule has 1 N–H and O–H groups in total. The second-order valence-corrected chi connectivity index (χ2v) is 11.9. The van der Waals surface area contributed by atoms with Gasteiger partial charge >= 0.3 is 0 Å². The van der Waals surface area contributed by atoms with Crippen molar-refractivity contribution >= 4 is 19.7 Å². The standard InChI is InChI=1S/C18H30N2O4S2/c1-14(2)15-6-8-16(9-7-15)26(23,24)18-13-25(21,22)12-17(18)19-10-5-11-20(3)4/h6-9,14,17-19H,5,10-13H2,1-4H3/t17-,18-/m0/s1. The van der Waals surface area contributed by atoms with E-state index in [1.807, 2.05) is 32.8 Å². The Morgan fingerprint density at radius 2 is 1.77 bits per heavy atom. The lowest BCUT2D eigenvalue weighted by Crippen LogP contribution is -2.44. The van der Waals surface area contributed by atoms with Crippen LogP contribution in [0, 0.1) is 0 Å². The molecular weight excluding hydrogens is 372 g/mol. The lowest BCUT2D eigenvalue weighted by molar-refractivity contribution is 0.388. The van der Waals surface area contributed by atoms with Gasteiger partial charge in [0, 0.05) is 6.04 Å². The average Bonchev–Trinajstić information content (AvgIpc) is 2.87. The van der Waals surface area contributed by atoms with Crippen LogP contribution in [0.4, 0.5) is 0 Å². The fourth-order valence-corrected chi connectivity index (χ4v) is 7.93. The summed E-state index contributed by atoms with van der Waals surface area (Å²) in [5, 5.41) is 2.23. The number of nitrogens with zero attached hydrogens (tertiary/aromatic N) is 1. The normalized spacial score (nSPS) is 23.0. The summed E-state index contributed by atoms with van der Waals surface area (Å²) >= 11 is 0. The third kappa shape index (κ3) is 5.28. The van der Waals surface area contributed by atoms with E-state index in [1.165, 1.54) is 0 Å². The van der Waals surface area contributed by atoms with Gasteiger partial charge in [0.15, 0.2) is 19.7 Å². The molecule has 0 unspecified atom stereocenters. The lowest BCUT2D eigenvalue weighted by Gasteiger charge is -2.21. The molecular formula is C18H30N2O4S2. The first-order valence-electron chi connectivity index (χ1n) is 8.95. The van der Waals surface area contributed by atoms with Crippen LogP contribution in [0.15, 0.2) is 29.2 Å².